The number of carbonyl (C=O) groups excluding carboxylic acids is 1. The van der Waals surface area contributed by atoms with Crippen LogP contribution >= 0.6 is 0 Å². The maximum atomic E-state index is 13.1. The zero-order chi connectivity index (χ0) is 12.5. The topological polar surface area (TPSA) is 20.3 Å². The molecule has 2 rings (SSSR count). The number of nitrogens with zero attached hydrogens (tertiary/aromatic N) is 1. The van der Waals surface area contributed by atoms with Gasteiger partial charge in [0.2, 0.25) is 11.8 Å². The molecule has 2 aliphatic rings. The van der Waals surface area contributed by atoms with E-state index >= 15 is 0 Å². The molecule has 4 heteroatoms. The molecule has 0 aromatic carbocycles. The van der Waals surface area contributed by atoms with Crippen LogP contribution < -0.4 is 0 Å². The molecule has 0 N–H and O–H groups in total. The van der Waals surface area contributed by atoms with Gasteiger partial charge in [0.1, 0.15) is 0 Å². The van der Waals surface area contributed by atoms with E-state index < -0.39 is 11.8 Å². The van der Waals surface area contributed by atoms with Crippen LogP contribution in [0.4, 0.5) is 8.78 Å². The van der Waals surface area contributed by atoms with Gasteiger partial charge >= 0.3 is 0 Å². The Hall–Kier alpha value is -0.670. The van der Waals surface area contributed by atoms with Crippen LogP contribution in [0.5, 0.6) is 0 Å². The van der Waals surface area contributed by atoms with E-state index in [0.29, 0.717) is 12.3 Å². The van der Waals surface area contributed by atoms with E-state index in [1.807, 2.05) is 0 Å². The van der Waals surface area contributed by atoms with Gasteiger partial charge in [-0.05, 0) is 25.2 Å². The SMILES string of the molecule is CCC1CCN(C(=O)C2CCC(F)(F)C2)CC1. The van der Waals surface area contributed by atoms with Crippen molar-refractivity contribution in [2.45, 2.75) is 51.4 Å². The lowest BCUT2D eigenvalue weighted by atomic mass is 9.93. The predicted molar refractivity (Wildman–Crippen MR) is 61.9 cm³/mol. The van der Waals surface area contributed by atoms with Gasteiger partial charge in [0.25, 0.3) is 0 Å². The molecule has 0 bridgehead atoms. The Labute approximate surface area is 101 Å². The summed E-state index contributed by atoms with van der Waals surface area (Å²) in [5, 5.41) is 0. The molecular weight excluding hydrogens is 224 g/mol. The monoisotopic (exact) mass is 245 g/mol. The maximum Gasteiger partial charge on any atom is 0.248 e. The summed E-state index contributed by atoms with van der Waals surface area (Å²) in [5.41, 5.74) is 0. The summed E-state index contributed by atoms with van der Waals surface area (Å²) < 4.78 is 26.1. The lowest BCUT2D eigenvalue weighted by Gasteiger charge is -2.33. The third-order valence-electron chi connectivity index (χ3n) is 4.26. The second-order valence-electron chi connectivity index (χ2n) is 5.47. The normalized spacial score (nSPS) is 29.6. The number of hydrogen-bond donors (Lipinski definition) is 0. The van der Waals surface area contributed by atoms with E-state index in [-0.39, 0.29) is 18.7 Å². The smallest absolute Gasteiger partial charge is 0.248 e. The quantitative estimate of drug-likeness (QED) is 0.732. The minimum Gasteiger partial charge on any atom is -0.342 e. The van der Waals surface area contributed by atoms with Gasteiger partial charge in [-0.15, -0.1) is 0 Å². The molecule has 1 unspecified atom stereocenters. The molecular formula is C13H21F2NO. The Bertz CT molecular complexity index is 285. The molecule has 1 heterocycles. The first-order chi connectivity index (χ1) is 8.02. The standard InChI is InChI=1S/C13H21F2NO/c1-2-10-4-7-16(8-5-10)12(17)11-3-6-13(14,15)9-11/h10-11H,2-9H2,1H3. The van der Waals surface area contributed by atoms with Gasteiger partial charge in [-0.1, -0.05) is 13.3 Å². The average molecular weight is 245 g/mol. The third-order valence-corrected chi connectivity index (χ3v) is 4.26. The molecule has 1 saturated heterocycles. The number of amides is 1. The third kappa shape index (κ3) is 2.96. The largest absolute Gasteiger partial charge is 0.342 e. The van der Waals surface area contributed by atoms with Crippen molar-refractivity contribution in [2.75, 3.05) is 13.1 Å². The molecule has 0 spiro atoms. The fraction of sp³-hybridized carbons (Fsp3) is 0.923. The van der Waals surface area contributed by atoms with Crippen molar-refractivity contribution in [3.05, 3.63) is 0 Å². The van der Waals surface area contributed by atoms with Gasteiger partial charge < -0.3 is 4.90 Å². The van der Waals surface area contributed by atoms with Crippen LogP contribution in [-0.4, -0.2) is 29.8 Å². The zero-order valence-electron chi connectivity index (χ0n) is 10.4. The summed E-state index contributed by atoms with van der Waals surface area (Å²) in [7, 11) is 0. The highest BCUT2D eigenvalue weighted by atomic mass is 19.3. The molecule has 1 atom stereocenters. The summed E-state index contributed by atoms with van der Waals surface area (Å²) in [4.78, 5) is 13.9. The highest BCUT2D eigenvalue weighted by molar-refractivity contribution is 5.79. The van der Waals surface area contributed by atoms with Crippen LogP contribution in [0.25, 0.3) is 0 Å². The van der Waals surface area contributed by atoms with Crippen molar-refractivity contribution in [2.24, 2.45) is 11.8 Å². The molecule has 98 valence electrons. The van der Waals surface area contributed by atoms with Crippen LogP contribution in [0.3, 0.4) is 0 Å². The lowest BCUT2D eigenvalue weighted by molar-refractivity contribution is -0.137. The molecule has 0 aromatic heterocycles. The summed E-state index contributed by atoms with van der Waals surface area (Å²) in [6, 6.07) is 0. The van der Waals surface area contributed by atoms with Crippen LogP contribution in [0.2, 0.25) is 0 Å². The zero-order valence-corrected chi connectivity index (χ0v) is 10.4. The Morgan fingerprint density at radius 3 is 2.41 bits per heavy atom. The number of halogens is 2. The molecule has 1 amide bonds. The molecule has 17 heavy (non-hydrogen) atoms. The van der Waals surface area contributed by atoms with Crippen molar-refractivity contribution < 1.29 is 13.6 Å². The van der Waals surface area contributed by atoms with Gasteiger partial charge in [0.15, 0.2) is 0 Å². The van der Waals surface area contributed by atoms with Crippen molar-refractivity contribution in [3.63, 3.8) is 0 Å². The van der Waals surface area contributed by atoms with Crippen LogP contribution in [-0.2, 0) is 4.79 Å². The molecule has 1 aliphatic carbocycles. The first-order valence-corrected chi connectivity index (χ1v) is 6.68. The number of carbonyl (C=O) groups is 1. The highest BCUT2D eigenvalue weighted by Gasteiger charge is 2.43. The van der Waals surface area contributed by atoms with Crippen molar-refractivity contribution in [3.8, 4) is 0 Å². The van der Waals surface area contributed by atoms with Crippen molar-refractivity contribution >= 4 is 5.91 Å². The van der Waals surface area contributed by atoms with Gasteiger partial charge in [-0.2, -0.15) is 0 Å². The second-order valence-corrected chi connectivity index (χ2v) is 5.47. The second kappa shape index (κ2) is 4.91. The maximum absolute atomic E-state index is 13.1. The molecule has 0 radical (unpaired) electrons. The summed E-state index contributed by atoms with van der Waals surface area (Å²) in [5.74, 6) is -2.36. The van der Waals surface area contributed by atoms with Crippen molar-refractivity contribution in [1.29, 1.82) is 0 Å². The van der Waals surface area contributed by atoms with E-state index in [1.165, 1.54) is 0 Å². The Morgan fingerprint density at radius 1 is 1.29 bits per heavy atom. The molecule has 2 fully saturated rings. The van der Waals surface area contributed by atoms with E-state index in [2.05, 4.69) is 6.92 Å². The first-order valence-electron chi connectivity index (χ1n) is 6.68. The summed E-state index contributed by atoms with van der Waals surface area (Å²) >= 11 is 0. The van der Waals surface area contributed by atoms with Crippen molar-refractivity contribution in [1.82, 2.24) is 4.90 Å². The average Bonchev–Trinajstić information content (AvgIpc) is 2.69. The van der Waals surface area contributed by atoms with Crippen LogP contribution in [0, 0.1) is 11.8 Å². The highest BCUT2D eigenvalue weighted by Crippen LogP contribution is 2.40. The van der Waals surface area contributed by atoms with Gasteiger partial charge in [-0.3, -0.25) is 4.79 Å². The van der Waals surface area contributed by atoms with E-state index in [4.69, 9.17) is 0 Å². The van der Waals surface area contributed by atoms with E-state index in [1.54, 1.807) is 4.90 Å². The molecule has 2 nitrogen and oxygen atoms in total. The fourth-order valence-corrected chi connectivity index (χ4v) is 2.98. The minimum atomic E-state index is -2.61. The Balaban J connectivity index is 1.85. The van der Waals surface area contributed by atoms with Gasteiger partial charge in [-0.25, -0.2) is 8.78 Å². The number of likely N-dealkylation sites (tertiary alicyclic amines) is 1. The van der Waals surface area contributed by atoms with E-state index in [9.17, 15) is 13.6 Å². The minimum absolute atomic E-state index is 0.0308. The number of hydrogen-bond acceptors (Lipinski definition) is 1. The molecule has 1 aliphatic heterocycles. The number of piperidine rings is 1. The summed E-state index contributed by atoms with van der Waals surface area (Å²) in [6.45, 7) is 3.69. The number of alkyl halides is 2. The lowest BCUT2D eigenvalue weighted by Crippen LogP contribution is -2.41. The van der Waals surface area contributed by atoms with Gasteiger partial charge in [0, 0.05) is 31.8 Å². The Morgan fingerprint density at radius 2 is 1.94 bits per heavy atom. The van der Waals surface area contributed by atoms with E-state index in [0.717, 1.165) is 32.4 Å². The molecule has 0 aromatic rings. The number of rotatable bonds is 2. The Kier molecular flexibility index (Phi) is 3.69. The molecule has 1 saturated carbocycles. The van der Waals surface area contributed by atoms with Crippen LogP contribution in [0.15, 0.2) is 0 Å². The fourth-order valence-electron chi connectivity index (χ4n) is 2.98. The first kappa shape index (κ1) is 12.8. The van der Waals surface area contributed by atoms with Crippen LogP contribution in [0.1, 0.15) is 45.4 Å². The summed E-state index contributed by atoms with van der Waals surface area (Å²) in [6.07, 6.45) is 3.23. The predicted octanol–water partition coefficient (Wildman–Crippen LogP) is 3.07. The van der Waals surface area contributed by atoms with Gasteiger partial charge in [0.05, 0.1) is 0 Å².